The zero-order valence-electron chi connectivity index (χ0n) is 22.6. The maximum Gasteiger partial charge on any atom is 0.330 e. The molecule has 0 aromatic heterocycles. The highest BCUT2D eigenvalue weighted by Gasteiger charge is 2.38. The molecule has 0 saturated heterocycles. The fourth-order valence-electron chi connectivity index (χ4n) is 4.26. The fraction of sp³-hybridized carbons (Fsp3) is 0.176. The molecule has 2 amide bonds. The molecule has 7 nitrogen and oxygen atoms in total. The van der Waals surface area contributed by atoms with E-state index in [1.165, 1.54) is 0 Å². The number of hydrogen-bond acceptors (Lipinski definition) is 6. The first-order valence-electron chi connectivity index (χ1n) is 13.3. The molecule has 0 N–H and O–H groups in total. The van der Waals surface area contributed by atoms with Crippen molar-refractivity contribution in [2.45, 2.75) is 38.5 Å². The summed E-state index contributed by atoms with van der Waals surface area (Å²) >= 11 is 0. The van der Waals surface area contributed by atoms with Gasteiger partial charge >= 0.3 is 11.9 Å². The smallest absolute Gasteiger partial charge is 0.330 e. The van der Waals surface area contributed by atoms with Crippen LogP contribution in [0.2, 0.25) is 0 Å². The maximum atomic E-state index is 13.7. The fourth-order valence-corrected chi connectivity index (χ4v) is 4.26. The van der Waals surface area contributed by atoms with Gasteiger partial charge in [-0.3, -0.25) is 19.3 Å². The van der Waals surface area contributed by atoms with E-state index in [9.17, 15) is 19.2 Å². The van der Waals surface area contributed by atoms with Crippen molar-refractivity contribution in [2.24, 2.45) is 0 Å². The number of nitrogens with zero attached hydrogens (tertiary/aromatic N) is 1. The predicted octanol–water partition coefficient (Wildman–Crippen LogP) is 5.07. The first kappa shape index (κ1) is 29.0. The van der Waals surface area contributed by atoms with Crippen molar-refractivity contribution in [1.82, 2.24) is 4.90 Å². The van der Waals surface area contributed by atoms with Gasteiger partial charge in [-0.1, -0.05) is 121 Å². The first-order chi connectivity index (χ1) is 20.0. The monoisotopic (exact) mass is 549 g/mol. The van der Waals surface area contributed by atoms with Gasteiger partial charge in [-0.05, 0) is 22.3 Å². The third-order valence-corrected chi connectivity index (χ3v) is 6.34. The summed E-state index contributed by atoms with van der Waals surface area (Å²) in [5.74, 6) is -2.84. The summed E-state index contributed by atoms with van der Waals surface area (Å²) in [5.41, 5.74) is 2.82. The van der Waals surface area contributed by atoms with Gasteiger partial charge in [-0.15, -0.1) is 0 Å². The Bertz CT molecular complexity index is 1370. The van der Waals surface area contributed by atoms with Gasteiger partial charge in [0.25, 0.3) is 0 Å². The number of ether oxygens (including phenoxy) is 2. The highest BCUT2D eigenvalue weighted by atomic mass is 16.5. The average Bonchev–Trinajstić information content (AvgIpc) is 3.00. The summed E-state index contributed by atoms with van der Waals surface area (Å²) in [7, 11) is 0. The third kappa shape index (κ3) is 9.00. The average molecular weight is 550 g/mol. The SMILES string of the molecule is O=C(CC(C(=O)OCc1ccccc1)N(C(=O)Cc1ccccc1)C(=O)Cc1ccccc1)OCc1ccccc1. The van der Waals surface area contributed by atoms with E-state index in [1.807, 2.05) is 36.4 Å². The molecule has 41 heavy (non-hydrogen) atoms. The minimum atomic E-state index is -1.51. The lowest BCUT2D eigenvalue weighted by Crippen LogP contribution is -2.51. The van der Waals surface area contributed by atoms with Crippen molar-refractivity contribution in [2.75, 3.05) is 0 Å². The van der Waals surface area contributed by atoms with E-state index in [0.29, 0.717) is 11.1 Å². The highest BCUT2D eigenvalue weighted by molar-refractivity contribution is 6.02. The quantitative estimate of drug-likeness (QED) is 0.229. The van der Waals surface area contributed by atoms with Crippen LogP contribution in [0.15, 0.2) is 121 Å². The van der Waals surface area contributed by atoms with E-state index in [-0.39, 0.29) is 26.1 Å². The first-order valence-corrected chi connectivity index (χ1v) is 13.3. The van der Waals surface area contributed by atoms with Crippen LogP contribution in [0.5, 0.6) is 0 Å². The lowest BCUT2D eigenvalue weighted by molar-refractivity contribution is -0.165. The Kier molecular flexibility index (Phi) is 10.5. The molecular formula is C34H31NO6. The van der Waals surface area contributed by atoms with Gasteiger partial charge in [0, 0.05) is 0 Å². The topological polar surface area (TPSA) is 90.0 Å². The Labute approximate surface area is 239 Å². The van der Waals surface area contributed by atoms with Gasteiger partial charge in [0.05, 0.1) is 19.3 Å². The molecule has 4 rings (SSSR count). The van der Waals surface area contributed by atoms with E-state index in [2.05, 4.69) is 0 Å². The van der Waals surface area contributed by atoms with Crippen molar-refractivity contribution >= 4 is 23.8 Å². The molecule has 0 heterocycles. The number of carbonyl (C=O) groups excluding carboxylic acids is 4. The second-order valence-electron chi connectivity index (χ2n) is 9.44. The van der Waals surface area contributed by atoms with E-state index in [4.69, 9.17) is 9.47 Å². The number of rotatable bonds is 12. The second kappa shape index (κ2) is 14.9. The van der Waals surface area contributed by atoms with Crippen LogP contribution in [-0.4, -0.2) is 34.7 Å². The molecule has 0 spiro atoms. The minimum Gasteiger partial charge on any atom is -0.461 e. The van der Waals surface area contributed by atoms with E-state index in [1.54, 1.807) is 84.9 Å². The number of hydrogen-bond donors (Lipinski definition) is 0. The molecule has 0 fully saturated rings. The zero-order valence-corrected chi connectivity index (χ0v) is 22.6. The molecular weight excluding hydrogens is 518 g/mol. The molecule has 4 aromatic carbocycles. The normalized spacial score (nSPS) is 11.2. The van der Waals surface area contributed by atoms with Crippen molar-refractivity contribution in [1.29, 1.82) is 0 Å². The van der Waals surface area contributed by atoms with Crippen LogP contribution >= 0.6 is 0 Å². The molecule has 4 aromatic rings. The van der Waals surface area contributed by atoms with Gasteiger partial charge in [0.1, 0.15) is 19.3 Å². The molecule has 0 radical (unpaired) electrons. The summed E-state index contributed by atoms with van der Waals surface area (Å²) in [6.45, 7) is -0.0930. The number of imide groups is 1. The molecule has 0 bridgehead atoms. The molecule has 1 unspecified atom stereocenters. The predicted molar refractivity (Wildman–Crippen MR) is 153 cm³/mol. The summed E-state index contributed by atoms with van der Waals surface area (Å²) in [6, 6.07) is 34.4. The van der Waals surface area contributed by atoms with Gasteiger partial charge < -0.3 is 9.47 Å². The molecule has 0 aliphatic heterocycles. The Morgan fingerprint density at radius 2 is 0.878 bits per heavy atom. The zero-order chi connectivity index (χ0) is 28.9. The summed E-state index contributed by atoms with van der Waals surface area (Å²) in [4.78, 5) is 54.7. The number of carbonyl (C=O) groups is 4. The van der Waals surface area contributed by atoms with Crippen molar-refractivity contribution in [3.8, 4) is 0 Å². The largest absolute Gasteiger partial charge is 0.461 e. The lowest BCUT2D eigenvalue weighted by Gasteiger charge is -2.28. The van der Waals surface area contributed by atoms with Crippen LogP contribution in [0.25, 0.3) is 0 Å². The van der Waals surface area contributed by atoms with Crippen LogP contribution in [0.1, 0.15) is 28.7 Å². The van der Waals surface area contributed by atoms with Gasteiger partial charge in [0.2, 0.25) is 11.8 Å². The summed E-state index contributed by atoms with van der Waals surface area (Å²) in [5, 5.41) is 0. The van der Waals surface area contributed by atoms with Crippen molar-refractivity contribution in [3.05, 3.63) is 144 Å². The van der Waals surface area contributed by atoms with Gasteiger partial charge in [0.15, 0.2) is 0 Å². The van der Waals surface area contributed by atoms with Crippen molar-refractivity contribution in [3.63, 3.8) is 0 Å². The molecule has 1 atom stereocenters. The van der Waals surface area contributed by atoms with Gasteiger partial charge in [-0.25, -0.2) is 4.79 Å². The molecule has 0 aliphatic rings. The van der Waals surface area contributed by atoms with Crippen LogP contribution in [0.3, 0.4) is 0 Å². The number of amides is 2. The van der Waals surface area contributed by atoms with E-state index >= 15 is 0 Å². The second-order valence-corrected chi connectivity index (χ2v) is 9.44. The van der Waals surface area contributed by atoms with Gasteiger partial charge in [-0.2, -0.15) is 0 Å². The Balaban J connectivity index is 1.60. The van der Waals surface area contributed by atoms with Crippen LogP contribution in [-0.2, 0) is 54.7 Å². The van der Waals surface area contributed by atoms with Crippen LogP contribution in [0, 0.1) is 0 Å². The summed E-state index contributed by atoms with van der Waals surface area (Å²) < 4.78 is 11.0. The standard InChI is InChI=1S/C34H31NO6/c36-31(21-26-13-5-1-6-14-26)35(32(37)22-27-15-7-2-8-16-27)30(34(39)41-25-29-19-11-4-12-20-29)23-33(38)40-24-28-17-9-3-10-18-28/h1-20,30H,21-25H2. The molecule has 7 heteroatoms. The van der Waals surface area contributed by atoms with E-state index < -0.39 is 36.2 Å². The minimum absolute atomic E-state index is 0.0125. The Hall–Kier alpha value is -5.04. The maximum absolute atomic E-state index is 13.7. The Morgan fingerprint density at radius 3 is 1.29 bits per heavy atom. The molecule has 0 saturated carbocycles. The van der Waals surface area contributed by atoms with E-state index in [0.717, 1.165) is 16.0 Å². The van der Waals surface area contributed by atoms with Crippen LogP contribution in [0.4, 0.5) is 0 Å². The summed E-state index contributed by atoms with van der Waals surface area (Å²) in [6.07, 6.45) is -0.812. The van der Waals surface area contributed by atoms with Crippen molar-refractivity contribution < 1.29 is 28.7 Å². The third-order valence-electron chi connectivity index (χ3n) is 6.34. The number of esters is 2. The molecule has 0 aliphatic carbocycles. The highest BCUT2D eigenvalue weighted by Crippen LogP contribution is 2.17. The molecule has 208 valence electrons. The number of benzene rings is 4. The van der Waals surface area contributed by atoms with Crippen LogP contribution < -0.4 is 0 Å². The lowest BCUT2D eigenvalue weighted by atomic mass is 10.1. The Morgan fingerprint density at radius 1 is 0.512 bits per heavy atom.